The van der Waals surface area contributed by atoms with Crippen molar-refractivity contribution >= 4 is 11.5 Å². The van der Waals surface area contributed by atoms with Crippen molar-refractivity contribution < 1.29 is 14.3 Å². The fraction of sp³-hybridized carbons (Fsp3) is 0.474. The van der Waals surface area contributed by atoms with E-state index < -0.39 is 11.8 Å². The maximum Gasteiger partial charge on any atom is 0.328 e. The maximum atomic E-state index is 14.4. The zero-order valence-corrected chi connectivity index (χ0v) is 15.5. The Morgan fingerprint density at radius 2 is 1.88 bits per heavy atom. The highest BCUT2D eigenvalue weighted by Gasteiger charge is 2.22. The van der Waals surface area contributed by atoms with Crippen LogP contribution in [0.2, 0.25) is 0 Å². The van der Waals surface area contributed by atoms with Crippen LogP contribution >= 0.6 is 0 Å². The number of aliphatic carboxylic acids is 1. The van der Waals surface area contributed by atoms with Crippen molar-refractivity contribution in [3.63, 3.8) is 0 Å². The molecule has 1 aromatic rings. The second kappa shape index (κ2) is 7.60. The molecule has 1 heterocycles. The van der Waals surface area contributed by atoms with Gasteiger partial charge in [-0.3, -0.25) is 4.68 Å². The van der Waals surface area contributed by atoms with Crippen molar-refractivity contribution in [1.29, 1.82) is 0 Å². The second-order valence-electron chi connectivity index (χ2n) is 7.22. The summed E-state index contributed by atoms with van der Waals surface area (Å²) >= 11 is 0. The SMILES string of the molecule is CC(/C=C/C(F)=C(/C)c1cc(C(C)C)n(C(C)(C)C)n1)=C\C(=O)O. The van der Waals surface area contributed by atoms with E-state index in [2.05, 4.69) is 39.7 Å². The second-order valence-corrected chi connectivity index (χ2v) is 7.22. The molecule has 0 spiro atoms. The number of halogens is 1. The van der Waals surface area contributed by atoms with E-state index in [0.29, 0.717) is 16.8 Å². The molecule has 0 fully saturated rings. The van der Waals surface area contributed by atoms with Crippen LogP contribution < -0.4 is 0 Å². The van der Waals surface area contributed by atoms with Crippen LogP contribution in [-0.4, -0.2) is 20.9 Å². The first kappa shape index (κ1) is 19.9. The van der Waals surface area contributed by atoms with Gasteiger partial charge in [0.05, 0.1) is 11.2 Å². The molecular formula is C19H27FN2O2. The van der Waals surface area contributed by atoms with E-state index in [-0.39, 0.29) is 11.5 Å². The number of rotatable bonds is 5. The number of allylic oxidation sites excluding steroid dienone is 5. The van der Waals surface area contributed by atoms with Crippen molar-refractivity contribution in [2.24, 2.45) is 0 Å². The van der Waals surface area contributed by atoms with Crippen LogP contribution in [0.4, 0.5) is 4.39 Å². The van der Waals surface area contributed by atoms with Crippen LogP contribution in [0.25, 0.3) is 5.57 Å². The molecule has 0 atom stereocenters. The van der Waals surface area contributed by atoms with Crippen molar-refractivity contribution in [2.45, 2.75) is 59.9 Å². The third-order valence-corrected chi connectivity index (χ3v) is 3.55. The molecule has 0 radical (unpaired) electrons. The smallest absolute Gasteiger partial charge is 0.328 e. The maximum absolute atomic E-state index is 14.4. The Labute approximate surface area is 143 Å². The molecule has 0 bridgehead atoms. The Balaban J connectivity index is 3.25. The Kier molecular flexibility index (Phi) is 6.29. The summed E-state index contributed by atoms with van der Waals surface area (Å²) in [5.74, 6) is -1.21. The van der Waals surface area contributed by atoms with Gasteiger partial charge in [0.1, 0.15) is 5.83 Å². The number of carboxylic acids is 1. The van der Waals surface area contributed by atoms with Gasteiger partial charge in [-0.05, 0) is 58.3 Å². The average Bonchev–Trinajstić information content (AvgIpc) is 2.88. The summed E-state index contributed by atoms with van der Waals surface area (Å²) in [7, 11) is 0. The van der Waals surface area contributed by atoms with Crippen molar-refractivity contribution in [3.05, 3.63) is 47.1 Å². The largest absolute Gasteiger partial charge is 0.478 e. The van der Waals surface area contributed by atoms with E-state index >= 15 is 0 Å². The Morgan fingerprint density at radius 3 is 2.29 bits per heavy atom. The Morgan fingerprint density at radius 1 is 1.29 bits per heavy atom. The van der Waals surface area contributed by atoms with Gasteiger partial charge in [0.2, 0.25) is 0 Å². The lowest BCUT2D eigenvalue weighted by Gasteiger charge is -2.23. The summed E-state index contributed by atoms with van der Waals surface area (Å²) in [5, 5.41) is 13.2. The van der Waals surface area contributed by atoms with Gasteiger partial charge in [0.25, 0.3) is 0 Å². The molecule has 0 aliphatic heterocycles. The predicted octanol–water partition coefficient (Wildman–Crippen LogP) is 5.05. The van der Waals surface area contributed by atoms with Crippen LogP contribution in [0.15, 0.2) is 35.7 Å². The number of hydrogen-bond acceptors (Lipinski definition) is 2. The molecule has 0 aliphatic carbocycles. The van der Waals surface area contributed by atoms with Crippen molar-refractivity contribution in [1.82, 2.24) is 9.78 Å². The molecule has 0 aromatic carbocycles. The van der Waals surface area contributed by atoms with Gasteiger partial charge in [0.15, 0.2) is 0 Å². The highest BCUT2D eigenvalue weighted by Crippen LogP contribution is 2.28. The van der Waals surface area contributed by atoms with E-state index in [1.807, 2.05) is 10.7 Å². The van der Waals surface area contributed by atoms with E-state index in [9.17, 15) is 9.18 Å². The number of hydrogen-bond donors (Lipinski definition) is 1. The topological polar surface area (TPSA) is 55.1 Å². The van der Waals surface area contributed by atoms with Crippen LogP contribution in [0.3, 0.4) is 0 Å². The summed E-state index contributed by atoms with van der Waals surface area (Å²) in [6.45, 7) is 13.6. The van der Waals surface area contributed by atoms with E-state index in [1.54, 1.807) is 13.8 Å². The summed E-state index contributed by atoms with van der Waals surface area (Å²) in [4.78, 5) is 10.6. The number of carboxylic acid groups (broad SMARTS) is 1. The first-order valence-electron chi connectivity index (χ1n) is 8.00. The van der Waals surface area contributed by atoms with Crippen molar-refractivity contribution in [3.8, 4) is 0 Å². The van der Waals surface area contributed by atoms with Crippen LogP contribution in [0.1, 0.15) is 65.8 Å². The van der Waals surface area contributed by atoms with Gasteiger partial charge in [-0.2, -0.15) is 5.10 Å². The molecule has 1 N–H and O–H groups in total. The molecule has 1 aromatic heterocycles. The molecule has 24 heavy (non-hydrogen) atoms. The van der Waals surface area contributed by atoms with E-state index in [1.165, 1.54) is 12.2 Å². The molecule has 0 saturated carbocycles. The van der Waals surface area contributed by atoms with Gasteiger partial charge < -0.3 is 5.11 Å². The summed E-state index contributed by atoms with van der Waals surface area (Å²) in [5.41, 5.74) is 2.35. The van der Waals surface area contributed by atoms with E-state index in [4.69, 9.17) is 5.11 Å². The summed E-state index contributed by atoms with van der Waals surface area (Å²) in [6, 6.07) is 1.92. The molecule has 5 heteroatoms. The first-order valence-corrected chi connectivity index (χ1v) is 8.00. The van der Waals surface area contributed by atoms with Crippen LogP contribution in [0, 0.1) is 0 Å². The molecule has 0 unspecified atom stereocenters. The number of aromatic nitrogens is 2. The van der Waals surface area contributed by atoms with E-state index in [0.717, 1.165) is 11.8 Å². The fourth-order valence-electron chi connectivity index (χ4n) is 2.22. The number of carbonyl (C=O) groups is 1. The van der Waals surface area contributed by atoms with Gasteiger partial charge in [0, 0.05) is 17.3 Å². The highest BCUT2D eigenvalue weighted by molar-refractivity contribution is 5.81. The lowest BCUT2D eigenvalue weighted by Crippen LogP contribution is -2.25. The third kappa shape index (κ3) is 5.18. The van der Waals surface area contributed by atoms with Gasteiger partial charge in [-0.1, -0.05) is 19.9 Å². The lowest BCUT2D eigenvalue weighted by atomic mass is 10.0. The molecular weight excluding hydrogens is 307 g/mol. The van der Waals surface area contributed by atoms with Gasteiger partial charge >= 0.3 is 5.97 Å². The average molecular weight is 334 g/mol. The van der Waals surface area contributed by atoms with Crippen LogP contribution in [0.5, 0.6) is 0 Å². The number of nitrogens with zero attached hydrogens (tertiary/aromatic N) is 2. The zero-order chi connectivity index (χ0) is 18.7. The fourth-order valence-corrected chi connectivity index (χ4v) is 2.22. The summed E-state index contributed by atoms with van der Waals surface area (Å²) in [6.07, 6.45) is 3.75. The highest BCUT2D eigenvalue weighted by atomic mass is 19.1. The Bertz CT molecular complexity index is 701. The summed E-state index contributed by atoms with van der Waals surface area (Å²) < 4.78 is 16.3. The first-order chi connectivity index (χ1) is 10.9. The minimum atomic E-state index is -1.05. The lowest BCUT2D eigenvalue weighted by molar-refractivity contribution is -0.131. The molecule has 0 saturated heterocycles. The van der Waals surface area contributed by atoms with Gasteiger partial charge in [-0.15, -0.1) is 0 Å². The van der Waals surface area contributed by atoms with Crippen molar-refractivity contribution in [2.75, 3.05) is 0 Å². The molecule has 0 amide bonds. The quantitative estimate of drug-likeness (QED) is 0.605. The van der Waals surface area contributed by atoms with Gasteiger partial charge in [-0.25, -0.2) is 9.18 Å². The molecule has 0 aliphatic rings. The monoisotopic (exact) mass is 334 g/mol. The predicted molar refractivity (Wildman–Crippen MR) is 95.5 cm³/mol. The minimum absolute atomic E-state index is 0.189. The Hall–Kier alpha value is -2.17. The molecule has 132 valence electrons. The normalized spacial score (nSPS) is 14.5. The standard InChI is InChI=1S/C19H27FN2O2/c1-12(2)17-11-16(21-22(17)19(5,6)7)14(4)15(20)9-8-13(3)10-18(23)24/h8-12H,1-7H3,(H,23,24)/b9-8+,13-10+,15-14+. The van der Waals surface area contributed by atoms with Crippen LogP contribution in [-0.2, 0) is 10.3 Å². The molecule has 4 nitrogen and oxygen atoms in total. The minimum Gasteiger partial charge on any atom is -0.478 e. The third-order valence-electron chi connectivity index (χ3n) is 3.55. The molecule has 1 rings (SSSR count). The zero-order valence-electron chi connectivity index (χ0n) is 15.5.